The second-order valence-electron chi connectivity index (χ2n) is 22.7. The molecule has 64 heavy (non-hydrogen) atoms. The molecule has 0 radical (unpaired) electrons. The van der Waals surface area contributed by atoms with E-state index in [0.29, 0.717) is 55.3 Å². The largest absolute Gasteiger partial charge is 0.458 e. The SMILES string of the molecule is C[C@]12CCC(=O)C=C1[C@@H]1C[C@@H]1[C@H]1[C@@H]3[C@@H]4C[C@@H]4[C@@]4(CCC(=O)O4)[C@@]3(C)CC[C@@H]12.C[C@]12C[C@H](c3ccc(C(=O)CO)cc3)C3=C4CCC(=O)C=C4CC[C@H]3[C@@H]1CC[C@@]2(O)C(F)(F)C(F)(F)F. The molecule has 1 aliphatic heterocycles. The van der Waals surface area contributed by atoms with E-state index in [0.717, 1.165) is 65.6 Å². The van der Waals surface area contributed by atoms with Crippen molar-refractivity contribution >= 4 is 23.3 Å². The van der Waals surface area contributed by atoms with Gasteiger partial charge in [-0.3, -0.25) is 19.2 Å². The number of allylic oxidation sites excluding steroid dienone is 5. The first-order chi connectivity index (χ1) is 30.1. The Morgan fingerprint density at radius 2 is 1.48 bits per heavy atom. The summed E-state index contributed by atoms with van der Waals surface area (Å²) in [6.45, 7) is 5.68. The summed E-state index contributed by atoms with van der Waals surface area (Å²) in [4.78, 5) is 48.3. The highest BCUT2D eigenvalue weighted by Gasteiger charge is 2.82. The summed E-state index contributed by atoms with van der Waals surface area (Å²) in [5.74, 6) is -1.55. The molecule has 0 amide bonds. The normalized spacial score (nSPS) is 45.8. The lowest BCUT2D eigenvalue weighted by Crippen LogP contribution is -2.65. The van der Waals surface area contributed by atoms with E-state index in [1.54, 1.807) is 18.2 Å². The fraction of sp³-hybridized carbons (Fsp3) is 0.692. The number of halogens is 5. The number of benzene rings is 1. The molecule has 10 aliphatic carbocycles. The first kappa shape index (κ1) is 43.1. The molecule has 7 saturated carbocycles. The highest BCUT2D eigenvalue weighted by atomic mass is 19.4. The van der Waals surface area contributed by atoms with E-state index >= 15 is 0 Å². The molecule has 1 spiro atoms. The lowest BCUT2D eigenvalue weighted by molar-refractivity contribution is -0.362. The maximum Gasteiger partial charge on any atom is 0.456 e. The van der Waals surface area contributed by atoms with Crippen LogP contribution in [0.1, 0.15) is 139 Å². The number of carbonyl (C=O) groups excluding carboxylic acids is 4. The van der Waals surface area contributed by atoms with Gasteiger partial charge in [0.2, 0.25) is 0 Å². The first-order valence-electron chi connectivity index (χ1n) is 24.0. The number of carbonyl (C=O) groups is 4. The number of hydrogen-bond donors (Lipinski definition) is 2. The minimum atomic E-state index is -5.90. The van der Waals surface area contributed by atoms with Gasteiger partial charge in [-0.2, -0.15) is 22.0 Å². The van der Waals surface area contributed by atoms with Gasteiger partial charge in [-0.15, -0.1) is 0 Å². The van der Waals surface area contributed by atoms with Crippen molar-refractivity contribution in [2.45, 2.75) is 146 Å². The van der Waals surface area contributed by atoms with Crippen molar-refractivity contribution in [2.75, 3.05) is 6.61 Å². The molecule has 0 unspecified atom stereocenters. The van der Waals surface area contributed by atoms with Crippen molar-refractivity contribution in [2.24, 2.45) is 69.5 Å². The maximum absolute atomic E-state index is 15.0. The summed E-state index contributed by atoms with van der Waals surface area (Å²) >= 11 is 0. The van der Waals surface area contributed by atoms with Crippen LogP contribution in [0.2, 0.25) is 0 Å². The zero-order valence-corrected chi connectivity index (χ0v) is 36.9. The highest BCUT2D eigenvalue weighted by Crippen LogP contribution is 2.82. The molecule has 2 N–H and O–H groups in total. The third-order valence-electron chi connectivity index (χ3n) is 20.4. The Hall–Kier alpha value is -3.51. The number of esters is 1. The van der Waals surface area contributed by atoms with Crippen molar-refractivity contribution in [3.8, 4) is 0 Å². The van der Waals surface area contributed by atoms with E-state index in [1.165, 1.54) is 50.3 Å². The minimum Gasteiger partial charge on any atom is -0.458 e. The van der Waals surface area contributed by atoms with Crippen molar-refractivity contribution in [1.29, 1.82) is 0 Å². The number of hydrogen-bond acceptors (Lipinski definition) is 7. The molecule has 8 fully saturated rings. The second-order valence-corrected chi connectivity index (χ2v) is 22.7. The maximum atomic E-state index is 15.0. The van der Waals surface area contributed by atoms with Crippen LogP contribution in [0.4, 0.5) is 22.0 Å². The van der Waals surface area contributed by atoms with Crippen LogP contribution < -0.4 is 0 Å². The number of Topliss-reactive ketones (excluding diaryl/α,β-unsaturated/α-hetero) is 1. The molecule has 12 heteroatoms. The monoisotopic (exact) mass is 890 g/mol. The molecular formula is C52H59F5O7. The van der Waals surface area contributed by atoms with Gasteiger partial charge in [-0.05, 0) is 159 Å². The Bertz CT molecular complexity index is 2350. The number of aliphatic hydroxyl groups is 2. The summed E-state index contributed by atoms with van der Waals surface area (Å²) in [6.07, 6.45) is 7.42. The van der Waals surface area contributed by atoms with Gasteiger partial charge in [0, 0.05) is 47.5 Å². The molecule has 1 heterocycles. The van der Waals surface area contributed by atoms with Crippen LogP contribution in [-0.4, -0.2) is 63.4 Å². The lowest BCUT2D eigenvalue weighted by Gasteiger charge is -2.60. The smallest absolute Gasteiger partial charge is 0.456 e. The topological polar surface area (TPSA) is 118 Å². The Labute approximate surface area is 370 Å². The Kier molecular flexibility index (Phi) is 9.28. The number of ether oxygens (including phenoxy) is 1. The van der Waals surface area contributed by atoms with Gasteiger partial charge >= 0.3 is 18.1 Å². The molecule has 15 atom stereocenters. The van der Waals surface area contributed by atoms with Gasteiger partial charge in [-0.25, -0.2) is 0 Å². The van der Waals surface area contributed by atoms with Crippen LogP contribution in [-0.2, 0) is 19.1 Å². The molecule has 1 aromatic rings. The first-order valence-corrected chi connectivity index (χ1v) is 24.0. The molecule has 11 aliphatic rings. The van der Waals surface area contributed by atoms with Crippen molar-refractivity contribution in [1.82, 2.24) is 0 Å². The average Bonchev–Trinajstić information content (AvgIpc) is 4.16. The van der Waals surface area contributed by atoms with Crippen LogP contribution in [0.3, 0.4) is 0 Å². The van der Waals surface area contributed by atoms with Crippen LogP contribution in [0.5, 0.6) is 0 Å². The van der Waals surface area contributed by atoms with E-state index in [4.69, 9.17) is 9.84 Å². The third kappa shape index (κ3) is 5.56. The fourth-order valence-corrected chi connectivity index (χ4v) is 17.4. The van der Waals surface area contributed by atoms with Gasteiger partial charge in [0.1, 0.15) is 17.8 Å². The third-order valence-corrected chi connectivity index (χ3v) is 20.4. The Morgan fingerprint density at radius 3 is 2.17 bits per heavy atom. The number of ketones is 3. The zero-order chi connectivity index (χ0) is 45.3. The van der Waals surface area contributed by atoms with Crippen molar-refractivity contribution < 1.29 is 56.1 Å². The molecule has 1 aromatic carbocycles. The standard InChI is InChI=1S/C28H29F5O4.C24H30O3/c1-25-13-21(15-2-4-16(5-3-15)23(36)14-34)24-19-9-7-18(35)12-17(19)6-8-20(24)22(25)10-11-26(25,37)27(29,30)28(31,32)33;1-22-6-3-12(25)9-17(22)13-10-14(13)20-16(22)4-7-23(2)21(20)15-11-18(15)24(23)8-5-19(26)27-24/h2-5,12,20-22,34,37H,6-11,13-14H2,1H3;9,13-16,18,20-21H,3-8,10-11H2,1-2H3/t20-,21+,22-,25-,26-;13-,14+,15-,16+,18+,20-,21+,22-,23+,24+/m01/s1. The predicted octanol–water partition coefficient (Wildman–Crippen LogP) is 10.00. The van der Waals surface area contributed by atoms with Gasteiger partial charge in [0.25, 0.3) is 0 Å². The molecule has 1 saturated heterocycles. The van der Waals surface area contributed by atoms with E-state index in [-0.39, 0.29) is 52.5 Å². The van der Waals surface area contributed by atoms with Crippen LogP contribution in [0.15, 0.2) is 58.7 Å². The van der Waals surface area contributed by atoms with E-state index in [9.17, 15) is 46.2 Å². The lowest BCUT2D eigenvalue weighted by atomic mass is 9.45. The van der Waals surface area contributed by atoms with Crippen molar-refractivity contribution in [3.05, 3.63) is 69.8 Å². The second kappa shape index (κ2) is 13.8. The minimum absolute atomic E-state index is 0.0157. The van der Waals surface area contributed by atoms with Gasteiger partial charge in [0.05, 0.1) is 0 Å². The van der Waals surface area contributed by atoms with Crippen LogP contribution in [0.25, 0.3) is 0 Å². The molecule has 344 valence electrons. The predicted molar refractivity (Wildman–Crippen MR) is 224 cm³/mol. The van der Waals surface area contributed by atoms with Crippen LogP contribution >= 0.6 is 0 Å². The highest BCUT2D eigenvalue weighted by molar-refractivity contribution is 5.97. The van der Waals surface area contributed by atoms with Crippen molar-refractivity contribution in [3.63, 3.8) is 0 Å². The number of rotatable bonds is 4. The molecular weight excluding hydrogens is 832 g/mol. The summed E-state index contributed by atoms with van der Waals surface area (Å²) in [5.41, 5.74) is 0.613. The average molecular weight is 891 g/mol. The number of fused-ring (bicyclic) bond motifs is 16. The van der Waals surface area contributed by atoms with Crippen LogP contribution in [0, 0.1) is 69.5 Å². The summed E-state index contributed by atoms with van der Waals surface area (Å²) in [6, 6.07) is 6.31. The quantitative estimate of drug-likeness (QED) is 0.176. The number of alkyl halides is 5. The van der Waals surface area contributed by atoms with Gasteiger partial charge < -0.3 is 14.9 Å². The Balaban J connectivity index is 0.000000149. The van der Waals surface area contributed by atoms with E-state index in [2.05, 4.69) is 19.9 Å². The summed E-state index contributed by atoms with van der Waals surface area (Å²) in [7, 11) is 0. The van der Waals surface area contributed by atoms with Gasteiger partial charge in [-0.1, -0.05) is 56.2 Å². The molecule has 12 rings (SSSR count). The van der Waals surface area contributed by atoms with E-state index in [1.807, 2.05) is 0 Å². The molecule has 0 aromatic heterocycles. The number of aliphatic hydroxyl groups excluding tert-OH is 1. The summed E-state index contributed by atoms with van der Waals surface area (Å²) < 4.78 is 77.0. The zero-order valence-electron chi connectivity index (χ0n) is 36.9. The molecule has 0 bridgehead atoms. The summed E-state index contributed by atoms with van der Waals surface area (Å²) in [5, 5.41) is 20.4. The fourth-order valence-electron chi connectivity index (χ4n) is 17.4. The molecule has 7 nitrogen and oxygen atoms in total. The van der Waals surface area contributed by atoms with Gasteiger partial charge in [0.15, 0.2) is 17.3 Å². The Morgan fingerprint density at radius 1 is 0.766 bits per heavy atom. The van der Waals surface area contributed by atoms with E-state index < -0.39 is 53.8 Å².